The van der Waals surface area contributed by atoms with Crippen molar-refractivity contribution in [1.82, 2.24) is 4.98 Å². The number of pyridine rings is 1. The van der Waals surface area contributed by atoms with Crippen LogP contribution < -0.4 is 19.7 Å². The van der Waals surface area contributed by atoms with Crippen LogP contribution >= 0.6 is 0 Å². The largest absolute Gasteiger partial charge is 0.497 e. The van der Waals surface area contributed by atoms with Crippen LogP contribution in [0.25, 0.3) is 0 Å². The predicted octanol–water partition coefficient (Wildman–Crippen LogP) is 3.70. The zero-order valence-corrected chi connectivity index (χ0v) is 16.7. The lowest BCUT2D eigenvalue weighted by molar-refractivity contribution is 0.414. The van der Waals surface area contributed by atoms with Gasteiger partial charge in [-0.3, -0.25) is 4.72 Å². The molecule has 0 unspecified atom stereocenters. The van der Waals surface area contributed by atoms with Gasteiger partial charge in [-0.25, -0.2) is 13.4 Å². The van der Waals surface area contributed by atoms with Crippen molar-refractivity contribution < 1.29 is 13.2 Å². The van der Waals surface area contributed by atoms with Gasteiger partial charge < -0.3 is 15.0 Å². The monoisotopic (exact) mass is 398 g/mol. The summed E-state index contributed by atoms with van der Waals surface area (Å²) in [5, 5.41) is 3.18. The number of para-hydroxylation sites is 1. The van der Waals surface area contributed by atoms with Crippen LogP contribution in [-0.4, -0.2) is 34.6 Å². The lowest BCUT2D eigenvalue weighted by atomic mass is 10.3. The molecule has 0 aliphatic heterocycles. The third-order valence-electron chi connectivity index (χ3n) is 3.99. The van der Waals surface area contributed by atoms with Crippen LogP contribution in [0.15, 0.2) is 71.6 Å². The number of nitrogens with zero attached hydrogens (tertiary/aromatic N) is 2. The molecule has 0 aliphatic carbocycles. The summed E-state index contributed by atoms with van der Waals surface area (Å²) in [6.45, 7) is 0. The maximum atomic E-state index is 12.8. The van der Waals surface area contributed by atoms with Gasteiger partial charge in [0.1, 0.15) is 11.6 Å². The van der Waals surface area contributed by atoms with E-state index in [0.717, 1.165) is 5.69 Å². The standard InChI is InChI=1S/C20H22N4O3S/c1-24(2)19-14-13-18(20(22-19)21-15-7-5-4-6-8-15)23-28(25,26)17-11-9-16(27-3)10-12-17/h4-14,23H,1-3H3,(H,21,22). The van der Waals surface area contributed by atoms with Crippen molar-refractivity contribution in [2.24, 2.45) is 0 Å². The first-order valence-electron chi connectivity index (χ1n) is 8.56. The molecular formula is C20H22N4O3S. The van der Waals surface area contributed by atoms with Crippen LogP contribution in [0.1, 0.15) is 0 Å². The van der Waals surface area contributed by atoms with E-state index < -0.39 is 10.0 Å². The Kier molecular flexibility index (Phi) is 5.70. The summed E-state index contributed by atoms with van der Waals surface area (Å²) in [5.74, 6) is 1.70. The molecular weight excluding hydrogens is 376 g/mol. The fourth-order valence-corrected chi connectivity index (χ4v) is 3.56. The smallest absolute Gasteiger partial charge is 0.262 e. The van der Waals surface area contributed by atoms with E-state index in [1.165, 1.54) is 19.2 Å². The van der Waals surface area contributed by atoms with E-state index in [2.05, 4.69) is 15.0 Å². The van der Waals surface area contributed by atoms with Gasteiger partial charge in [-0.05, 0) is 48.5 Å². The van der Waals surface area contributed by atoms with Gasteiger partial charge in [0.05, 0.1) is 17.7 Å². The minimum Gasteiger partial charge on any atom is -0.497 e. The van der Waals surface area contributed by atoms with Gasteiger partial charge in [0.15, 0.2) is 5.82 Å². The van der Waals surface area contributed by atoms with Crippen molar-refractivity contribution in [3.63, 3.8) is 0 Å². The number of anilines is 4. The third-order valence-corrected chi connectivity index (χ3v) is 5.37. The van der Waals surface area contributed by atoms with E-state index in [1.54, 1.807) is 24.3 Å². The lowest BCUT2D eigenvalue weighted by Crippen LogP contribution is -2.16. The zero-order chi connectivity index (χ0) is 20.1. The minimum absolute atomic E-state index is 0.135. The highest BCUT2D eigenvalue weighted by atomic mass is 32.2. The first-order valence-corrected chi connectivity index (χ1v) is 10.0. The molecule has 146 valence electrons. The summed E-state index contributed by atoms with van der Waals surface area (Å²) in [4.78, 5) is 6.52. The summed E-state index contributed by atoms with van der Waals surface area (Å²) in [7, 11) is 1.49. The van der Waals surface area contributed by atoms with E-state index in [1.807, 2.05) is 49.3 Å². The number of sulfonamides is 1. The molecule has 8 heteroatoms. The Hall–Kier alpha value is -3.26. The Morgan fingerprint density at radius 1 is 0.929 bits per heavy atom. The van der Waals surface area contributed by atoms with Gasteiger partial charge in [-0.1, -0.05) is 18.2 Å². The average Bonchev–Trinajstić information content (AvgIpc) is 2.70. The number of ether oxygens (including phenoxy) is 1. The zero-order valence-electron chi connectivity index (χ0n) is 15.9. The second-order valence-corrected chi connectivity index (χ2v) is 7.91. The molecule has 0 radical (unpaired) electrons. The van der Waals surface area contributed by atoms with Crippen LogP contribution in [-0.2, 0) is 10.0 Å². The molecule has 28 heavy (non-hydrogen) atoms. The third kappa shape index (κ3) is 4.52. The van der Waals surface area contributed by atoms with Crippen molar-refractivity contribution in [3.8, 4) is 5.75 Å². The molecule has 0 fully saturated rings. The number of rotatable bonds is 7. The van der Waals surface area contributed by atoms with Crippen LogP contribution in [0, 0.1) is 0 Å². The lowest BCUT2D eigenvalue weighted by Gasteiger charge is -2.17. The maximum absolute atomic E-state index is 12.8. The van der Waals surface area contributed by atoms with Crippen molar-refractivity contribution >= 4 is 33.0 Å². The number of methoxy groups -OCH3 is 1. The van der Waals surface area contributed by atoms with Gasteiger partial charge in [0, 0.05) is 19.8 Å². The average molecular weight is 398 g/mol. The highest BCUT2D eigenvalue weighted by molar-refractivity contribution is 7.92. The number of nitrogens with one attached hydrogen (secondary N) is 2. The molecule has 3 rings (SSSR count). The van der Waals surface area contributed by atoms with E-state index in [4.69, 9.17) is 4.74 Å². The normalized spacial score (nSPS) is 11.0. The van der Waals surface area contributed by atoms with Crippen LogP contribution in [0.3, 0.4) is 0 Å². The Balaban J connectivity index is 1.95. The van der Waals surface area contributed by atoms with Crippen molar-refractivity contribution in [1.29, 1.82) is 0 Å². The van der Waals surface area contributed by atoms with Crippen molar-refractivity contribution in [2.45, 2.75) is 4.90 Å². The second kappa shape index (κ2) is 8.18. The summed E-state index contributed by atoms with van der Waals surface area (Å²) < 4.78 is 33.3. The Morgan fingerprint density at radius 3 is 2.21 bits per heavy atom. The molecule has 0 spiro atoms. The Morgan fingerprint density at radius 2 is 1.61 bits per heavy atom. The van der Waals surface area contributed by atoms with Crippen molar-refractivity contribution in [2.75, 3.05) is 36.1 Å². The van der Waals surface area contributed by atoms with Crippen LogP contribution in [0.5, 0.6) is 5.75 Å². The van der Waals surface area contributed by atoms with Gasteiger partial charge in [-0.15, -0.1) is 0 Å². The predicted molar refractivity (Wildman–Crippen MR) is 112 cm³/mol. The molecule has 7 nitrogen and oxygen atoms in total. The quantitative estimate of drug-likeness (QED) is 0.631. The van der Waals surface area contributed by atoms with E-state index in [-0.39, 0.29) is 4.90 Å². The number of hydrogen-bond acceptors (Lipinski definition) is 6. The highest BCUT2D eigenvalue weighted by Crippen LogP contribution is 2.28. The fourth-order valence-electron chi connectivity index (χ4n) is 2.49. The van der Waals surface area contributed by atoms with Gasteiger partial charge in [-0.2, -0.15) is 0 Å². The SMILES string of the molecule is COc1ccc(S(=O)(=O)Nc2ccc(N(C)C)nc2Nc2ccccc2)cc1. The maximum Gasteiger partial charge on any atom is 0.262 e. The summed E-state index contributed by atoms with van der Waals surface area (Å²) in [6, 6.07) is 19.1. The molecule has 0 saturated heterocycles. The molecule has 1 heterocycles. The molecule has 0 bridgehead atoms. The number of aromatic nitrogens is 1. The van der Waals surface area contributed by atoms with E-state index in [0.29, 0.717) is 23.1 Å². The van der Waals surface area contributed by atoms with Gasteiger partial charge in [0.25, 0.3) is 10.0 Å². The summed E-state index contributed by atoms with van der Waals surface area (Å²) in [6.07, 6.45) is 0. The first kappa shape index (κ1) is 19.5. The Labute approximate surface area is 165 Å². The Bertz CT molecular complexity index is 1040. The topological polar surface area (TPSA) is 83.6 Å². The number of hydrogen-bond donors (Lipinski definition) is 2. The molecule has 0 atom stereocenters. The molecule has 0 saturated carbocycles. The van der Waals surface area contributed by atoms with Crippen LogP contribution in [0.4, 0.5) is 23.0 Å². The molecule has 2 N–H and O–H groups in total. The summed E-state index contributed by atoms with van der Waals surface area (Å²) >= 11 is 0. The fraction of sp³-hybridized carbons (Fsp3) is 0.150. The summed E-state index contributed by atoms with van der Waals surface area (Å²) in [5.41, 5.74) is 1.15. The minimum atomic E-state index is -3.79. The number of benzene rings is 2. The van der Waals surface area contributed by atoms with Gasteiger partial charge >= 0.3 is 0 Å². The molecule has 1 aromatic heterocycles. The molecule has 3 aromatic rings. The van der Waals surface area contributed by atoms with Gasteiger partial charge in [0.2, 0.25) is 0 Å². The molecule has 2 aromatic carbocycles. The highest BCUT2D eigenvalue weighted by Gasteiger charge is 2.18. The molecule has 0 amide bonds. The van der Waals surface area contributed by atoms with Crippen LogP contribution in [0.2, 0.25) is 0 Å². The van der Waals surface area contributed by atoms with Crippen molar-refractivity contribution in [3.05, 3.63) is 66.7 Å². The van der Waals surface area contributed by atoms with E-state index in [9.17, 15) is 8.42 Å². The first-order chi connectivity index (χ1) is 13.4. The second-order valence-electron chi connectivity index (χ2n) is 6.23. The molecule has 0 aliphatic rings. The van der Waals surface area contributed by atoms with E-state index >= 15 is 0 Å².